The molecular weight excluding hydrogens is 200 g/mol. The van der Waals surface area contributed by atoms with Crippen molar-refractivity contribution in [2.75, 3.05) is 39.9 Å². The average Bonchev–Trinajstić information content (AvgIpc) is 2.28. The number of nitrogens with one attached hydrogen (secondary N) is 1. The third kappa shape index (κ3) is 5.83. The molecule has 1 aliphatic rings. The highest BCUT2D eigenvalue weighted by Gasteiger charge is 2.15. The molecule has 3 nitrogen and oxygen atoms in total. The van der Waals surface area contributed by atoms with Crippen LogP contribution < -0.4 is 5.32 Å². The van der Waals surface area contributed by atoms with Gasteiger partial charge in [0.25, 0.3) is 0 Å². The quantitative estimate of drug-likeness (QED) is 0.718. The Kier molecular flexibility index (Phi) is 7.01. The van der Waals surface area contributed by atoms with Crippen molar-refractivity contribution in [1.29, 1.82) is 0 Å². The van der Waals surface area contributed by atoms with Crippen molar-refractivity contribution in [3.8, 4) is 0 Å². The Morgan fingerprint density at radius 3 is 2.69 bits per heavy atom. The Bertz CT molecular complexity index is 169. The van der Waals surface area contributed by atoms with Gasteiger partial charge in [-0.3, -0.25) is 0 Å². The Labute approximate surface area is 101 Å². The molecule has 1 N–H and O–H groups in total. The minimum absolute atomic E-state index is 0.641. The molecule has 0 amide bonds. The van der Waals surface area contributed by atoms with Crippen LogP contribution >= 0.6 is 0 Å². The summed E-state index contributed by atoms with van der Waals surface area (Å²) in [6, 6.07) is 0.641. The zero-order valence-corrected chi connectivity index (χ0v) is 11.2. The molecule has 0 bridgehead atoms. The molecule has 1 rings (SSSR count). The van der Waals surface area contributed by atoms with E-state index in [1.807, 2.05) is 0 Å². The topological polar surface area (TPSA) is 24.5 Å². The molecule has 3 heteroatoms. The first-order chi connectivity index (χ1) is 7.72. The largest absolute Gasteiger partial charge is 0.381 e. The number of hydrogen-bond donors (Lipinski definition) is 1. The summed E-state index contributed by atoms with van der Waals surface area (Å²) >= 11 is 0. The van der Waals surface area contributed by atoms with Gasteiger partial charge in [0, 0.05) is 25.8 Å². The molecule has 0 saturated carbocycles. The van der Waals surface area contributed by atoms with Crippen LogP contribution in [-0.4, -0.2) is 50.8 Å². The minimum Gasteiger partial charge on any atom is -0.381 e. The molecule has 0 aromatic rings. The van der Waals surface area contributed by atoms with E-state index in [9.17, 15) is 0 Å². The fourth-order valence-corrected chi connectivity index (χ4v) is 2.33. The van der Waals surface area contributed by atoms with Gasteiger partial charge in [0.1, 0.15) is 0 Å². The summed E-state index contributed by atoms with van der Waals surface area (Å²) in [7, 11) is 2.24. The second-order valence-corrected chi connectivity index (χ2v) is 5.07. The Hall–Kier alpha value is -0.120. The summed E-state index contributed by atoms with van der Waals surface area (Å²) in [5, 5.41) is 3.46. The molecule has 0 radical (unpaired) electrons. The van der Waals surface area contributed by atoms with Crippen LogP contribution in [0, 0.1) is 5.92 Å². The lowest BCUT2D eigenvalue weighted by Crippen LogP contribution is -2.34. The van der Waals surface area contributed by atoms with Gasteiger partial charge in [-0.15, -0.1) is 0 Å². The third-order valence-corrected chi connectivity index (χ3v) is 3.41. The standard InChI is InChI=1S/C13H28N2O/c1-4-14-12(2)5-8-15(3)11-13-6-9-16-10-7-13/h12-14H,4-11H2,1-3H3. The molecule has 1 heterocycles. The molecule has 16 heavy (non-hydrogen) atoms. The summed E-state index contributed by atoms with van der Waals surface area (Å²) in [4.78, 5) is 2.48. The van der Waals surface area contributed by atoms with Crippen molar-refractivity contribution in [2.45, 2.75) is 39.2 Å². The van der Waals surface area contributed by atoms with Crippen LogP contribution in [-0.2, 0) is 4.74 Å². The predicted molar refractivity (Wildman–Crippen MR) is 68.8 cm³/mol. The fourth-order valence-electron chi connectivity index (χ4n) is 2.33. The highest BCUT2D eigenvalue weighted by atomic mass is 16.5. The molecular formula is C13H28N2O. The summed E-state index contributed by atoms with van der Waals surface area (Å²) in [6.45, 7) is 9.88. The lowest BCUT2D eigenvalue weighted by Gasteiger charge is -2.27. The number of hydrogen-bond acceptors (Lipinski definition) is 3. The molecule has 1 aliphatic heterocycles. The van der Waals surface area contributed by atoms with Crippen LogP contribution in [0.4, 0.5) is 0 Å². The van der Waals surface area contributed by atoms with Crippen LogP contribution in [0.15, 0.2) is 0 Å². The summed E-state index contributed by atoms with van der Waals surface area (Å²) in [6.07, 6.45) is 3.73. The second kappa shape index (κ2) is 8.04. The highest BCUT2D eigenvalue weighted by molar-refractivity contribution is 4.69. The molecule has 1 saturated heterocycles. The van der Waals surface area contributed by atoms with E-state index in [1.54, 1.807) is 0 Å². The van der Waals surface area contributed by atoms with Crippen molar-refractivity contribution in [3.63, 3.8) is 0 Å². The molecule has 1 atom stereocenters. The second-order valence-electron chi connectivity index (χ2n) is 5.07. The molecule has 1 unspecified atom stereocenters. The monoisotopic (exact) mass is 228 g/mol. The van der Waals surface area contributed by atoms with Gasteiger partial charge in [-0.25, -0.2) is 0 Å². The first-order valence-corrected chi connectivity index (χ1v) is 6.72. The van der Waals surface area contributed by atoms with E-state index in [0.717, 1.165) is 25.7 Å². The molecule has 0 spiro atoms. The van der Waals surface area contributed by atoms with E-state index in [4.69, 9.17) is 4.74 Å². The fraction of sp³-hybridized carbons (Fsp3) is 1.00. The summed E-state index contributed by atoms with van der Waals surface area (Å²) < 4.78 is 5.38. The van der Waals surface area contributed by atoms with Gasteiger partial charge in [-0.05, 0) is 52.2 Å². The van der Waals surface area contributed by atoms with Crippen molar-refractivity contribution < 1.29 is 4.74 Å². The van der Waals surface area contributed by atoms with Gasteiger partial charge in [0.2, 0.25) is 0 Å². The predicted octanol–water partition coefficient (Wildman–Crippen LogP) is 1.73. The molecule has 0 aliphatic carbocycles. The van der Waals surface area contributed by atoms with Crippen LogP contribution in [0.2, 0.25) is 0 Å². The molecule has 1 fully saturated rings. The molecule has 0 aromatic carbocycles. The van der Waals surface area contributed by atoms with Crippen molar-refractivity contribution in [1.82, 2.24) is 10.2 Å². The Morgan fingerprint density at radius 1 is 1.38 bits per heavy atom. The maximum atomic E-state index is 5.38. The van der Waals surface area contributed by atoms with Crippen molar-refractivity contribution >= 4 is 0 Å². The van der Waals surface area contributed by atoms with Gasteiger partial charge < -0.3 is 15.0 Å². The van der Waals surface area contributed by atoms with Crippen molar-refractivity contribution in [2.24, 2.45) is 5.92 Å². The molecule has 0 aromatic heterocycles. The van der Waals surface area contributed by atoms with Gasteiger partial charge in [-0.2, -0.15) is 0 Å². The van der Waals surface area contributed by atoms with Gasteiger partial charge in [0.15, 0.2) is 0 Å². The van der Waals surface area contributed by atoms with E-state index >= 15 is 0 Å². The van der Waals surface area contributed by atoms with E-state index < -0.39 is 0 Å². The third-order valence-electron chi connectivity index (χ3n) is 3.41. The van der Waals surface area contributed by atoms with E-state index in [0.29, 0.717) is 6.04 Å². The average molecular weight is 228 g/mol. The number of nitrogens with zero attached hydrogens (tertiary/aromatic N) is 1. The normalized spacial score (nSPS) is 20.2. The lowest BCUT2D eigenvalue weighted by molar-refractivity contribution is 0.0554. The Morgan fingerprint density at radius 2 is 2.06 bits per heavy atom. The zero-order valence-electron chi connectivity index (χ0n) is 11.2. The maximum absolute atomic E-state index is 5.38. The highest BCUT2D eigenvalue weighted by Crippen LogP contribution is 2.15. The first kappa shape index (κ1) is 13.9. The number of rotatable bonds is 7. The smallest absolute Gasteiger partial charge is 0.0469 e. The van der Waals surface area contributed by atoms with Gasteiger partial charge >= 0.3 is 0 Å². The summed E-state index contributed by atoms with van der Waals surface area (Å²) in [5.74, 6) is 0.855. The van der Waals surface area contributed by atoms with Crippen LogP contribution in [0.5, 0.6) is 0 Å². The molecule has 96 valence electrons. The van der Waals surface area contributed by atoms with E-state index in [-0.39, 0.29) is 0 Å². The van der Waals surface area contributed by atoms with Gasteiger partial charge in [0.05, 0.1) is 0 Å². The maximum Gasteiger partial charge on any atom is 0.0469 e. The van der Waals surface area contributed by atoms with Gasteiger partial charge in [-0.1, -0.05) is 6.92 Å². The first-order valence-electron chi connectivity index (χ1n) is 6.72. The lowest BCUT2D eigenvalue weighted by atomic mass is 10.00. The van der Waals surface area contributed by atoms with E-state index in [2.05, 4.69) is 31.1 Å². The summed E-state index contributed by atoms with van der Waals surface area (Å²) in [5.41, 5.74) is 0. The Balaban J connectivity index is 2.07. The SMILES string of the molecule is CCNC(C)CCN(C)CC1CCOCC1. The zero-order chi connectivity index (χ0) is 11.8. The van der Waals surface area contributed by atoms with Crippen molar-refractivity contribution in [3.05, 3.63) is 0 Å². The van der Waals surface area contributed by atoms with Crippen LogP contribution in [0.1, 0.15) is 33.1 Å². The minimum atomic E-state index is 0.641. The van der Waals surface area contributed by atoms with Crippen LogP contribution in [0.3, 0.4) is 0 Å². The van der Waals surface area contributed by atoms with Crippen LogP contribution in [0.25, 0.3) is 0 Å². The van der Waals surface area contributed by atoms with E-state index in [1.165, 1.54) is 32.4 Å². The number of ether oxygens (including phenoxy) is 1.